The second-order valence-corrected chi connectivity index (χ2v) is 17.1. The summed E-state index contributed by atoms with van der Waals surface area (Å²) in [6.07, 6.45) is 29.5. The number of aliphatic hydroxyl groups excluding tert-OH is 3. The van der Waals surface area contributed by atoms with Crippen molar-refractivity contribution in [3.05, 3.63) is 24.3 Å². The number of carbonyl (C=O) groups is 1. The van der Waals surface area contributed by atoms with E-state index in [1.54, 1.807) is 6.08 Å². The van der Waals surface area contributed by atoms with Crippen LogP contribution in [0.1, 0.15) is 168 Å². The third-order valence-electron chi connectivity index (χ3n) is 9.36. The number of quaternary nitrogens is 1. The van der Waals surface area contributed by atoms with E-state index < -0.39 is 38.8 Å². The fourth-order valence-electron chi connectivity index (χ4n) is 5.82. The molecule has 0 fully saturated rings. The molecule has 11 heteroatoms. The Labute approximate surface area is 319 Å². The monoisotopic (exact) mass is 761 g/mol. The van der Waals surface area contributed by atoms with Crippen LogP contribution in [0.4, 0.5) is 0 Å². The number of nitrogens with one attached hydrogen (secondary N) is 1. The summed E-state index contributed by atoms with van der Waals surface area (Å²) in [6, 6.07) is -0.940. The molecule has 1 amide bonds. The molecule has 0 spiro atoms. The third-order valence-corrected chi connectivity index (χ3v) is 10.3. The predicted molar refractivity (Wildman–Crippen MR) is 213 cm³/mol. The molecule has 0 saturated heterocycles. The number of phosphoric acid groups is 1. The van der Waals surface area contributed by atoms with Crippen molar-refractivity contribution in [3.63, 3.8) is 0 Å². The van der Waals surface area contributed by atoms with E-state index in [2.05, 4.69) is 25.2 Å². The van der Waals surface area contributed by atoms with Gasteiger partial charge < -0.3 is 39.1 Å². The van der Waals surface area contributed by atoms with Gasteiger partial charge in [-0.05, 0) is 44.9 Å². The smallest absolute Gasteiger partial charge is 0.268 e. The Morgan fingerprint density at radius 3 is 1.85 bits per heavy atom. The zero-order valence-electron chi connectivity index (χ0n) is 34.0. The number of allylic oxidation sites excluding steroid dienone is 2. The molecule has 0 bridgehead atoms. The number of hydrogen-bond acceptors (Lipinski definition) is 8. The zero-order valence-corrected chi connectivity index (χ0v) is 34.9. The molecule has 5 atom stereocenters. The van der Waals surface area contributed by atoms with Gasteiger partial charge >= 0.3 is 0 Å². The fraction of sp³-hybridized carbons (Fsp3) is 0.878. The van der Waals surface area contributed by atoms with Gasteiger partial charge in [-0.3, -0.25) is 9.36 Å². The lowest BCUT2D eigenvalue weighted by Crippen LogP contribution is -2.45. The lowest BCUT2D eigenvalue weighted by Gasteiger charge is -2.29. The summed E-state index contributed by atoms with van der Waals surface area (Å²) >= 11 is 0. The number of nitrogens with zero attached hydrogens (tertiary/aromatic N) is 1. The Balaban J connectivity index is 4.61. The maximum atomic E-state index is 12.8. The number of phosphoric ester groups is 1. The first-order valence-corrected chi connectivity index (χ1v) is 22.3. The molecule has 0 heterocycles. The van der Waals surface area contributed by atoms with Crippen LogP contribution in [0.2, 0.25) is 0 Å². The molecule has 10 nitrogen and oxygen atoms in total. The number of carbonyl (C=O) groups excluding carboxylic acids is 1. The summed E-state index contributed by atoms with van der Waals surface area (Å²) in [7, 11) is 1.16. The maximum absolute atomic E-state index is 12.8. The van der Waals surface area contributed by atoms with Gasteiger partial charge in [-0.15, -0.1) is 0 Å². The lowest BCUT2D eigenvalue weighted by atomic mass is 10.0. The highest BCUT2D eigenvalue weighted by Gasteiger charge is 2.23. The van der Waals surface area contributed by atoms with Crippen LogP contribution >= 0.6 is 7.82 Å². The minimum Gasteiger partial charge on any atom is -0.756 e. The molecule has 0 aromatic heterocycles. The van der Waals surface area contributed by atoms with Crippen molar-refractivity contribution >= 4 is 13.7 Å². The lowest BCUT2D eigenvalue weighted by molar-refractivity contribution is -0.870. The topological polar surface area (TPSA) is 148 Å². The summed E-state index contributed by atoms with van der Waals surface area (Å²) in [6.45, 7) is 4.43. The molecule has 0 rings (SSSR count). The van der Waals surface area contributed by atoms with Crippen LogP contribution < -0.4 is 10.2 Å². The minimum atomic E-state index is -4.62. The van der Waals surface area contributed by atoms with E-state index in [9.17, 15) is 29.6 Å². The summed E-state index contributed by atoms with van der Waals surface area (Å²) in [5.74, 6) is -0.278. The standard InChI is InChI=1S/C41H81N2O8P/c1-6-8-10-12-14-15-16-17-18-19-20-23-26-30-38(44)37(36-51-52(48,49)50-35-34-43(3,4)5)42-41(47)33-29-25-21-24-28-32-40(46)39(45)31-27-22-13-11-9-7-2/h22,26-27,30,37-40,44-46H,6-21,23-25,28-29,31-36H2,1-5H3,(H-,42,47,48,49)/b27-22-,30-26+/t37-,38+,39-,40-/m0/s1. The van der Waals surface area contributed by atoms with Gasteiger partial charge in [0.05, 0.1) is 52.1 Å². The highest BCUT2D eigenvalue weighted by molar-refractivity contribution is 7.45. The van der Waals surface area contributed by atoms with Gasteiger partial charge in [0.2, 0.25) is 5.91 Å². The molecule has 1 unspecified atom stereocenters. The van der Waals surface area contributed by atoms with E-state index >= 15 is 0 Å². The van der Waals surface area contributed by atoms with Crippen LogP contribution in [0.5, 0.6) is 0 Å². The van der Waals surface area contributed by atoms with Gasteiger partial charge in [0.25, 0.3) is 7.82 Å². The number of amides is 1. The summed E-state index contributed by atoms with van der Waals surface area (Å²) < 4.78 is 23.1. The second-order valence-electron chi connectivity index (χ2n) is 15.7. The van der Waals surface area contributed by atoms with Gasteiger partial charge in [0, 0.05) is 6.42 Å². The molecule has 0 radical (unpaired) electrons. The first-order valence-electron chi connectivity index (χ1n) is 20.9. The Bertz CT molecular complexity index is 942. The Kier molecular flexibility index (Phi) is 32.6. The van der Waals surface area contributed by atoms with Crippen LogP contribution in [-0.2, 0) is 18.4 Å². The Morgan fingerprint density at radius 1 is 0.712 bits per heavy atom. The van der Waals surface area contributed by atoms with Crippen molar-refractivity contribution in [1.82, 2.24) is 5.32 Å². The number of unbranched alkanes of at least 4 members (excludes halogenated alkanes) is 18. The van der Waals surface area contributed by atoms with E-state index in [0.29, 0.717) is 30.3 Å². The first kappa shape index (κ1) is 50.9. The van der Waals surface area contributed by atoms with Gasteiger partial charge in [-0.25, -0.2) is 0 Å². The van der Waals surface area contributed by atoms with Crippen LogP contribution in [-0.4, -0.2) is 91.0 Å². The average Bonchev–Trinajstić information content (AvgIpc) is 3.08. The van der Waals surface area contributed by atoms with Gasteiger partial charge in [-0.2, -0.15) is 0 Å². The van der Waals surface area contributed by atoms with Crippen LogP contribution in [0, 0.1) is 0 Å². The SMILES string of the molecule is CCCCC/C=C\C[C@H](O)[C@@H](O)CCCCCCCC(=O)N[C@@H](COP(=O)([O-])OCC[N+](C)(C)C)[C@H](O)/C=C/CCCCCCCCCCCCC. The summed E-state index contributed by atoms with van der Waals surface area (Å²) in [5.41, 5.74) is 0. The molecule has 0 aliphatic heterocycles. The average molecular weight is 761 g/mol. The molecule has 0 aliphatic rings. The van der Waals surface area contributed by atoms with E-state index in [1.165, 1.54) is 70.6 Å². The van der Waals surface area contributed by atoms with E-state index in [1.807, 2.05) is 33.3 Å². The largest absolute Gasteiger partial charge is 0.756 e. The molecular weight excluding hydrogens is 679 g/mol. The molecule has 0 aromatic carbocycles. The predicted octanol–water partition coefficient (Wildman–Crippen LogP) is 8.28. The normalized spacial score (nSPS) is 15.9. The molecule has 0 aromatic rings. The molecule has 52 heavy (non-hydrogen) atoms. The van der Waals surface area contributed by atoms with Gasteiger partial charge in [-0.1, -0.05) is 141 Å². The fourth-order valence-corrected chi connectivity index (χ4v) is 6.54. The molecule has 4 N–H and O–H groups in total. The Hall–Kier alpha value is -1.10. The van der Waals surface area contributed by atoms with Crippen molar-refractivity contribution in [1.29, 1.82) is 0 Å². The zero-order chi connectivity index (χ0) is 38.9. The van der Waals surface area contributed by atoms with Crippen LogP contribution in [0.15, 0.2) is 24.3 Å². The first-order chi connectivity index (χ1) is 24.8. The third kappa shape index (κ3) is 33.5. The van der Waals surface area contributed by atoms with E-state index in [-0.39, 0.29) is 18.9 Å². The highest BCUT2D eigenvalue weighted by Crippen LogP contribution is 2.38. The van der Waals surface area contributed by atoms with Crippen molar-refractivity contribution in [2.75, 3.05) is 40.9 Å². The Morgan fingerprint density at radius 2 is 1.23 bits per heavy atom. The van der Waals surface area contributed by atoms with Gasteiger partial charge in [0.1, 0.15) is 13.2 Å². The summed E-state index contributed by atoms with van der Waals surface area (Å²) in [4.78, 5) is 25.2. The van der Waals surface area contributed by atoms with E-state index in [0.717, 1.165) is 57.8 Å². The number of hydrogen-bond donors (Lipinski definition) is 4. The molecular formula is C41H81N2O8P. The number of likely N-dealkylation sites (N-methyl/N-ethyl adjacent to an activating group) is 1. The minimum absolute atomic E-state index is 0.0290. The van der Waals surface area contributed by atoms with Crippen molar-refractivity contribution in [2.24, 2.45) is 0 Å². The maximum Gasteiger partial charge on any atom is 0.268 e. The molecule has 308 valence electrons. The number of rotatable bonds is 37. The number of aliphatic hydroxyl groups is 3. The van der Waals surface area contributed by atoms with Crippen LogP contribution in [0.25, 0.3) is 0 Å². The van der Waals surface area contributed by atoms with Crippen molar-refractivity contribution in [3.8, 4) is 0 Å². The highest BCUT2D eigenvalue weighted by atomic mass is 31.2. The van der Waals surface area contributed by atoms with Crippen molar-refractivity contribution < 1.29 is 43.1 Å². The van der Waals surface area contributed by atoms with Crippen LogP contribution in [0.3, 0.4) is 0 Å². The van der Waals surface area contributed by atoms with E-state index in [4.69, 9.17) is 9.05 Å². The molecule has 0 aliphatic carbocycles. The van der Waals surface area contributed by atoms with Gasteiger partial charge in [0.15, 0.2) is 0 Å². The molecule has 0 saturated carbocycles. The quantitative estimate of drug-likeness (QED) is 0.0214. The summed E-state index contributed by atoms with van der Waals surface area (Å²) in [5, 5.41) is 34.1. The van der Waals surface area contributed by atoms with Crippen molar-refractivity contribution in [2.45, 2.75) is 192 Å². The second kappa shape index (κ2) is 33.3.